The number of rotatable bonds is 6. The van der Waals surface area contributed by atoms with E-state index >= 15 is 0 Å². The topological polar surface area (TPSA) is 28.5 Å². The molecule has 5 rings (SSSR count). The van der Waals surface area contributed by atoms with E-state index in [4.69, 9.17) is 34.8 Å². The number of hydrogen-bond acceptors (Lipinski definition) is 3. The summed E-state index contributed by atoms with van der Waals surface area (Å²) < 4.78 is 15.4. The maximum atomic E-state index is 13.9. The Balaban J connectivity index is 1.70. The van der Waals surface area contributed by atoms with Crippen molar-refractivity contribution in [3.63, 3.8) is 0 Å². The number of nitrogens with zero attached hydrogens (tertiary/aromatic N) is 3. The summed E-state index contributed by atoms with van der Waals surface area (Å²) in [6.07, 6.45) is 0. The first-order valence-electron chi connectivity index (χ1n) is 11.7. The van der Waals surface area contributed by atoms with E-state index in [1.807, 2.05) is 6.07 Å². The summed E-state index contributed by atoms with van der Waals surface area (Å²) in [6, 6.07) is 16.9. The molecule has 4 nitrogen and oxygen atoms in total. The van der Waals surface area contributed by atoms with Crippen LogP contribution in [0, 0.1) is 11.7 Å². The fourth-order valence-electron chi connectivity index (χ4n) is 5.06. The normalized spacial score (nSPS) is 14.5. The van der Waals surface area contributed by atoms with Gasteiger partial charge in [0.25, 0.3) is 5.56 Å². The summed E-state index contributed by atoms with van der Waals surface area (Å²) in [4.78, 5) is 17.8. The van der Waals surface area contributed by atoms with Crippen LogP contribution in [0.5, 0.6) is 0 Å². The van der Waals surface area contributed by atoms with E-state index in [-0.39, 0.29) is 5.56 Å². The molecule has 0 saturated carbocycles. The molecule has 36 heavy (non-hydrogen) atoms. The van der Waals surface area contributed by atoms with Crippen LogP contribution >= 0.6 is 34.8 Å². The van der Waals surface area contributed by atoms with E-state index in [9.17, 15) is 9.18 Å². The number of aromatic nitrogens is 1. The van der Waals surface area contributed by atoms with Gasteiger partial charge in [-0.1, -0.05) is 40.9 Å². The fraction of sp³-hybridized carbons (Fsp3) is 0.250. The smallest absolute Gasteiger partial charge is 0.255 e. The van der Waals surface area contributed by atoms with Gasteiger partial charge in [-0.3, -0.25) is 14.3 Å². The van der Waals surface area contributed by atoms with Crippen molar-refractivity contribution in [2.45, 2.75) is 6.54 Å². The number of halogens is 4. The van der Waals surface area contributed by atoms with E-state index < -0.39 is 5.82 Å². The van der Waals surface area contributed by atoms with Gasteiger partial charge < -0.3 is 4.90 Å². The lowest BCUT2D eigenvalue weighted by Gasteiger charge is -2.40. The van der Waals surface area contributed by atoms with Gasteiger partial charge in [-0.15, -0.1) is 0 Å². The number of fused-ring (bicyclic) bond motifs is 1. The third-order valence-corrected chi connectivity index (χ3v) is 7.44. The third kappa shape index (κ3) is 4.91. The van der Waals surface area contributed by atoms with Gasteiger partial charge in [-0.05, 0) is 79.7 Å². The molecule has 4 aromatic rings. The molecule has 1 saturated heterocycles. The lowest BCUT2D eigenvalue weighted by molar-refractivity contribution is 0.0730. The number of hydrogen-bond donors (Lipinski definition) is 0. The Morgan fingerprint density at radius 3 is 2.31 bits per heavy atom. The van der Waals surface area contributed by atoms with Crippen LogP contribution in [0.15, 0.2) is 65.5 Å². The molecule has 1 aliphatic heterocycles. The molecule has 3 aromatic carbocycles. The molecule has 0 amide bonds. The van der Waals surface area contributed by atoms with E-state index in [0.717, 1.165) is 36.1 Å². The second-order valence-electron chi connectivity index (χ2n) is 9.60. The molecule has 2 heterocycles. The minimum Gasteiger partial charge on any atom is -0.309 e. The second-order valence-corrected chi connectivity index (χ2v) is 10.8. The molecule has 0 atom stereocenters. The van der Waals surface area contributed by atoms with Gasteiger partial charge in [0, 0.05) is 43.2 Å². The lowest BCUT2D eigenvalue weighted by atomic mass is 9.95. The van der Waals surface area contributed by atoms with Crippen molar-refractivity contribution in [2.24, 2.45) is 5.92 Å². The Kier molecular flexibility index (Phi) is 7.12. The average Bonchev–Trinajstić information content (AvgIpc) is 2.78. The summed E-state index contributed by atoms with van der Waals surface area (Å²) in [5, 5.41) is 1.84. The average molecular weight is 545 g/mol. The first-order valence-corrected chi connectivity index (χ1v) is 12.8. The molecule has 8 heteroatoms. The molecule has 0 bridgehead atoms. The van der Waals surface area contributed by atoms with Crippen molar-refractivity contribution in [1.29, 1.82) is 0 Å². The number of benzene rings is 3. The van der Waals surface area contributed by atoms with Crippen molar-refractivity contribution in [1.82, 2.24) is 14.4 Å². The largest absolute Gasteiger partial charge is 0.309 e. The van der Waals surface area contributed by atoms with Gasteiger partial charge in [-0.2, -0.15) is 0 Å². The zero-order valence-electron chi connectivity index (χ0n) is 19.9. The maximum absolute atomic E-state index is 13.9. The van der Waals surface area contributed by atoms with Gasteiger partial charge in [-0.25, -0.2) is 4.39 Å². The highest BCUT2D eigenvalue weighted by Crippen LogP contribution is 2.37. The van der Waals surface area contributed by atoms with E-state index in [1.54, 1.807) is 34.9 Å². The number of likely N-dealkylation sites (tertiary alicyclic amines) is 1. The first kappa shape index (κ1) is 25.2. The Morgan fingerprint density at radius 1 is 0.917 bits per heavy atom. The van der Waals surface area contributed by atoms with Crippen molar-refractivity contribution >= 4 is 45.7 Å². The zero-order chi connectivity index (χ0) is 25.6. The summed E-state index contributed by atoms with van der Waals surface area (Å²) >= 11 is 19.6. The molecule has 1 fully saturated rings. The molecule has 0 unspecified atom stereocenters. The monoisotopic (exact) mass is 543 g/mol. The molecule has 0 aliphatic carbocycles. The molecule has 1 aromatic heterocycles. The van der Waals surface area contributed by atoms with Crippen molar-refractivity contribution in [3.8, 4) is 16.8 Å². The maximum Gasteiger partial charge on any atom is 0.255 e. The minimum atomic E-state index is -0.406. The highest BCUT2D eigenvalue weighted by Gasteiger charge is 2.27. The Labute approximate surface area is 224 Å². The first-order chi connectivity index (χ1) is 17.2. The van der Waals surface area contributed by atoms with Crippen LogP contribution < -0.4 is 5.56 Å². The van der Waals surface area contributed by atoms with Crippen molar-refractivity contribution in [2.75, 3.05) is 33.7 Å². The highest BCUT2D eigenvalue weighted by atomic mass is 35.5. The van der Waals surface area contributed by atoms with Gasteiger partial charge in [0.1, 0.15) is 5.82 Å². The SMILES string of the molecule is CN(C)CC1CN(Cc2cc(-c3ccc(F)cc3Cl)c3ccc(=O)n(-c4c(Cl)cccc4Cl)c3c2)C1. The van der Waals surface area contributed by atoms with Crippen LogP contribution in [0.1, 0.15) is 5.56 Å². The van der Waals surface area contributed by atoms with Crippen LogP contribution in [0.2, 0.25) is 15.1 Å². The highest BCUT2D eigenvalue weighted by molar-refractivity contribution is 6.38. The molecular weight excluding hydrogens is 520 g/mol. The standard InChI is InChI=1S/C28H25Cl3FN3O/c1-33(2)13-18-15-34(16-18)14-17-10-22(20-7-6-19(32)12-25(20)31)21-8-9-27(36)35(26(21)11-17)28-23(29)4-3-5-24(28)30/h3-12,18H,13-16H2,1-2H3. The zero-order valence-corrected chi connectivity index (χ0v) is 22.2. The summed E-state index contributed by atoms with van der Waals surface area (Å²) in [5.41, 5.74) is 3.37. The molecule has 0 radical (unpaired) electrons. The predicted octanol–water partition coefficient (Wildman–Crippen LogP) is 6.75. The van der Waals surface area contributed by atoms with Crippen molar-refractivity contribution in [3.05, 3.63) is 97.5 Å². The van der Waals surface area contributed by atoms with Gasteiger partial charge in [0.15, 0.2) is 0 Å². The third-order valence-electron chi connectivity index (χ3n) is 6.52. The predicted molar refractivity (Wildman–Crippen MR) is 147 cm³/mol. The summed E-state index contributed by atoms with van der Waals surface area (Å²) in [7, 11) is 4.17. The van der Waals surface area contributed by atoms with Crippen LogP contribution in [-0.2, 0) is 6.54 Å². The Morgan fingerprint density at radius 2 is 1.64 bits per heavy atom. The van der Waals surface area contributed by atoms with Gasteiger partial charge >= 0.3 is 0 Å². The molecule has 0 N–H and O–H groups in total. The molecule has 1 aliphatic rings. The molecular formula is C28H25Cl3FN3O. The molecule has 0 spiro atoms. The summed E-state index contributed by atoms with van der Waals surface area (Å²) in [6.45, 7) is 3.77. The fourth-order valence-corrected chi connectivity index (χ4v) is 5.89. The van der Waals surface area contributed by atoms with E-state index in [1.165, 1.54) is 18.2 Å². The van der Waals surface area contributed by atoms with E-state index in [0.29, 0.717) is 44.3 Å². The van der Waals surface area contributed by atoms with Crippen LogP contribution in [0.25, 0.3) is 27.7 Å². The van der Waals surface area contributed by atoms with Crippen LogP contribution in [0.3, 0.4) is 0 Å². The minimum absolute atomic E-state index is 0.249. The quantitative estimate of drug-likeness (QED) is 0.269. The Bertz CT molecular complexity index is 1490. The number of pyridine rings is 1. The lowest BCUT2D eigenvalue weighted by Crippen LogP contribution is -2.49. The van der Waals surface area contributed by atoms with Gasteiger partial charge in [0.05, 0.1) is 26.3 Å². The van der Waals surface area contributed by atoms with Crippen molar-refractivity contribution < 1.29 is 4.39 Å². The summed E-state index contributed by atoms with van der Waals surface area (Å²) in [5.74, 6) is 0.225. The van der Waals surface area contributed by atoms with Gasteiger partial charge in [0.2, 0.25) is 0 Å². The van der Waals surface area contributed by atoms with Crippen LogP contribution in [0.4, 0.5) is 4.39 Å². The Hall–Kier alpha value is -2.41. The number of para-hydroxylation sites is 1. The van der Waals surface area contributed by atoms with E-state index in [2.05, 4.69) is 30.0 Å². The van der Waals surface area contributed by atoms with Crippen LogP contribution in [-0.4, -0.2) is 48.1 Å². The molecule has 186 valence electrons. The second kappa shape index (κ2) is 10.2.